The van der Waals surface area contributed by atoms with E-state index in [1.807, 2.05) is 0 Å². The van der Waals surface area contributed by atoms with Gasteiger partial charge in [-0.15, -0.1) is 0 Å². The Morgan fingerprint density at radius 3 is 2.00 bits per heavy atom. The van der Waals surface area contributed by atoms with Gasteiger partial charge in [0.1, 0.15) is 0 Å². The molecular formula is C7H3Cl3F3N. The van der Waals surface area contributed by atoms with E-state index in [0.717, 1.165) is 0 Å². The zero-order valence-electron chi connectivity index (χ0n) is 6.42. The summed E-state index contributed by atoms with van der Waals surface area (Å²) in [6, 6.07) is 0.641. The molecule has 0 spiro atoms. The fourth-order valence-electron chi connectivity index (χ4n) is 0.830. The van der Waals surface area contributed by atoms with Crippen LogP contribution in [0.5, 0.6) is 0 Å². The number of halogens is 6. The van der Waals surface area contributed by atoms with Gasteiger partial charge in [0.05, 0.1) is 26.3 Å². The van der Waals surface area contributed by atoms with Crippen molar-refractivity contribution in [3.05, 3.63) is 26.7 Å². The molecule has 0 saturated carbocycles. The number of alkyl halides is 3. The van der Waals surface area contributed by atoms with Crippen molar-refractivity contribution in [3.8, 4) is 0 Å². The summed E-state index contributed by atoms with van der Waals surface area (Å²) in [6.07, 6.45) is -4.60. The first-order valence-corrected chi connectivity index (χ1v) is 4.38. The molecule has 0 aliphatic heterocycles. The van der Waals surface area contributed by atoms with E-state index < -0.39 is 16.8 Å². The molecule has 0 unspecified atom stereocenters. The van der Waals surface area contributed by atoms with Gasteiger partial charge in [0, 0.05) is 0 Å². The van der Waals surface area contributed by atoms with Crippen LogP contribution in [0.4, 0.5) is 18.9 Å². The van der Waals surface area contributed by atoms with Crippen LogP contribution in [0.1, 0.15) is 5.56 Å². The fourth-order valence-corrected chi connectivity index (χ4v) is 1.49. The van der Waals surface area contributed by atoms with Gasteiger partial charge in [-0.3, -0.25) is 0 Å². The molecule has 0 bridgehead atoms. The predicted molar refractivity (Wildman–Crippen MR) is 50.9 cm³/mol. The third kappa shape index (κ3) is 2.02. The molecule has 1 rings (SSSR count). The summed E-state index contributed by atoms with van der Waals surface area (Å²) in [5.74, 6) is 0. The molecule has 0 radical (unpaired) electrons. The molecular weight excluding hydrogens is 261 g/mol. The van der Waals surface area contributed by atoms with Crippen LogP contribution in [-0.2, 0) is 6.18 Å². The lowest BCUT2D eigenvalue weighted by Gasteiger charge is -2.12. The summed E-state index contributed by atoms with van der Waals surface area (Å²) < 4.78 is 36.9. The van der Waals surface area contributed by atoms with Crippen LogP contribution in [0, 0.1) is 0 Å². The van der Waals surface area contributed by atoms with Gasteiger partial charge >= 0.3 is 6.18 Å². The standard InChI is InChI=1S/C7H3Cl3F3N/c8-3-1-2(7(11,12)13)4(9)6(14)5(3)10/h1H,14H2. The van der Waals surface area contributed by atoms with E-state index in [-0.39, 0.29) is 15.7 Å². The van der Waals surface area contributed by atoms with Crippen molar-refractivity contribution < 1.29 is 13.2 Å². The molecule has 78 valence electrons. The van der Waals surface area contributed by atoms with E-state index in [1.165, 1.54) is 0 Å². The molecule has 0 aliphatic carbocycles. The van der Waals surface area contributed by atoms with Crippen LogP contribution in [0.2, 0.25) is 15.1 Å². The first-order chi connectivity index (χ1) is 6.25. The highest BCUT2D eigenvalue weighted by atomic mass is 35.5. The normalized spacial score (nSPS) is 11.9. The number of rotatable bonds is 0. The second-order valence-electron chi connectivity index (χ2n) is 2.45. The van der Waals surface area contributed by atoms with Crippen molar-refractivity contribution in [1.82, 2.24) is 0 Å². The molecule has 2 N–H and O–H groups in total. The number of benzene rings is 1. The molecule has 0 fully saturated rings. The molecule has 0 atom stereocenters. The molecule has 1 nitrogen and oxygen atoms in total. The van der Waals surface area contributed by atoms with Gasteiger partial charge in [-0.25, -0.2) is 0 Å². The summed E-state index contributed by atoms with van der Waals surface area (Å²) in [6.45, 7) is 0. The van der Waals surface area contributed by atoms with E-state index in [2.05, 4.69) is 0 Å². The maximum absolute atomic E-state index is 12.3. The summed E-state index contributed by atoms with van der Waals surface area (Å²) >= 11 is 16.3. The summed E-state index contributed by atoms with van der Waals surface area (Å²) in [5, 5.41) is -1.09. The summed E-state index contributed by atoms with van der Waals surface area (Å²) in [7, 11) is 0. The van der Waals surface area contributed by atoms with Crippen LogP contribution < -0.4 is 5.73 Å². The highest BCUT2D eigenvalue weighted by Crippen LogP contribution is 2.43. The fraction of sp³-hybridized carbons (Fsp3) is 0.143. The summed E-state index contributed by atoms with van der Waals surface area (Å²) in [4.78, 5) is 0. The molecule has 1 aromatic carbocycles. The van der Waals surface area contributed by atoms with Gasteiger partial charge in [0.15, 0.2) is 0 Å². The monoisotopic (exact) mass is 263 g/mol. The van der Waals surface area contributed by atoms with Gasteiger partial charge in [0.25, 0.3) is 0 Å². The highest BCUT2D eigenvalue weighted by Gasteiger charge is 2.35. The Labute approximate surface area is 92.5 Å². The first-order valence-electron chi connectivity index (χ1n) is 3.25. The molecule has 0 amide bonds. The minimum absolute atomic E-state index is 0.176. The molecule has 0 aliphatic rings. The molecule has 14 heavy (non-hydrogen) atoms. The van der Waals surface area contributed by atoms with Crippen molar-refractivity contribution in [1.29, 1.82) is 0 Å². The lowest BCUT2D eigenvalue weighted by atomic mass is 10.2. The quantitative estimate of drug-likeness (QED) is 0.550. The Bertz CT molecular complexity index is 375. The molecule has 0 aromatic heterocycles. The average molecular weight is 264 g/mol. The lowest BCUT2D eigenvalue weighted by Crippen LogP contribution is -2.07. The van der Waals surface area contributed by atoms with E-state index in [1.54, 1.807) is 0 Å². The number of nitrogens with two attached hydrogens (primary N) is 1. The van der Waals surface area contributed by atoms with Crippen LogP contribution in [0.3, 0.4) is 0 Å². The van der Waals surface area contributed by atoms with E-state index >= 15 is 0 Å². The number of nitrogen functional groups attached to an aromatic ring is 1. The van der Waals surface area contributed by atoms with Crippen LogP contribution in [0.25, 0.3) is 0 Å². The minimum Gasteiger partial charge on any atom is -0.396 e. The number of anilines is 1. The molecule has 0 saturated heterocycles. The minimum atomic E-state index is -4.60. The van der Waals surface area contributed by atoms with E-state index in [4.69, 9.17) is 40.5 Å². The Balaban J connectivity index is 3.49. The Hall–Kier alpha value is -0.320. The predicted octanol–water partition coefficient (Wildman–Crippen LogP) is 4.25. The zero-order valence-corrected chi connectivity index (χ0v) is 8.69. The van der Waals surface area contributed by atoms with Crippen molar-refractivity contribution in [2.45, 2.75) is 6.18 Å². The molecule has 1 aromatic rings. The van der Waals surface area contributed by atoms with E-state index in [0.29, 0.717) is 6.07 Å². The Morgan fingerprint density at radius 2 is 1.57 bits per heavy atom. The second kappa shape index (κ2) is 3.68. The average Bonchev–Trinajstić information content (AvgIpc) is 2.06. The highest BCUT2D eigenvalue weighted by molar-refractivity contribution is 6.46. The SMILES string of the molecule is Nc1c(Cl)c(Cl)cc(C(F)(F)F)c1Cl. The molecule has 7 heteroatoms. The number of hydrogen-bond acceptors (Lipinski definition) is 1. The maximum atomic E-state index is 12.3. The largest absolute Gasteiger partial charge is 0.417 e. The number of hydrogen-bond donors (Lipinski definition) is 1. The van der Waals surface area contributed by atoms with E-state index in [9.17, 15) is 13.2 Å². The van der Waals surface area contributed by atoms with Gasteiger partial charge < -0.3 is 5.73 Å². The Morgan fingerprint density at radius 1 is 1.07 bits per heavy atom. The van der Waals surface area contributed by atoms with Crippen LogP contribution >= 0.6 is 34.8 Å². The Kier molecular flexibility index (Phi) is 3.09. The van der Waals surface area contributed by atoms with Gasteiger partial charge in [-0.1, -0.05) is 34.8 Å². The third-order valence-corrected chi connectivity index (χ3v) is 2.70. The van der Waals surface area contributed by atoms with Crippen LogP contribution in [-0.4, -0.2) is 0 Å². The topological polar surface area (TPSA) is 26.0 Å². The first kappa shape index (κ1) is 11.8. The van der Waals surface area contributed by atoms with Crippen molar-refractivity contribution in [2.75, 3.05) is 5.73 Å². The third-order valence-electron chi connectivity index (χ3n) is 1.50. The van der Waals surface area contributed by atoms with Crippen LogP contribution in [0.15, 0.2) is 6.07 Å². The maximum Gasteiger partial charge on any atom is 0.417 e. The lowest BCUT2D eigenvalue weighted by molar-refractivity contribution is -0.137. The zero-order chi connectivity index (χ0) is 11.1. The van der Waals surface area contributed by atoms with Crippen molar-refractivity contribution in [2.24, 2.45) is 0 Å². The van der Waals surface area contributed by atoms with Gasteiger partial charge in [0.2, 0.25) is 0 Å². The smallest absolute Gasteiger partial charge is 0.396 e. The van der Waals surface area contributed by atoms with Gasteiger partial charge in [-0.2, -0.15) is 13.2 Å². The summed E-state index contributed by atoms with van der Waals surface area (Å²) in [5.41, 5.74) is 3.77. The van der Waals surface area contributed by atoms with Gasteiger partial charge in [-0.05, 0) is 6.07 Å². The second-order valence-corrected chi connectivity index (χ2v) is 3.61. The van der Waals surface area contributed by atoms with Crippen molar-refractivity contribution >= 4 is 40.5 Å². The van der Waals surface area contributed by atoms with Crippen molar-refractivity contribution in [3.63, 3.8) is 0 Å². The molecule has 0 heterocycles.